The summed E-state index contributed by atoms with van der Waals surface area (Å²) in [5.41, 5.74) is 2.24. The summed E-state index contributed by atoms with van der Waals surface area (Å²) in [5, 5.41) is 3.11. The first-order valence-electron chi connectivity index (χ1n) is 10.3. The van der Waals surface area contributed by atoms with Crippen molar-refractivity contribution < 1.29 is 14.3 Å². The lowest BCUT2D eigenvalue weighted by atomic mass is 9.96. The zero-order valence-electron chi connectivity index (χ0n) is 17.3. The van der Waals surface area contributed by atoms with E-state index in [2.05, 4.69) is 33.2 Å². The number of amides is 1. The standard InChI is InChI=1S/C22H30N4O3/c1-3-14-29-16-19-7-5-4-6-18(19)15-24-21(27)17-9-12-26(13-10-17)22-23-11-8-20(25-22)28-2/h4-8,11,17H,3,9-10,12-16H2,1-2H3,(H,24,27). The highest BCUT2D eigenvalue weighted by atomic mass is 16.5. The van der Waals surface area contributed by atoms with Gasteiger partial charge in [-0.15, -0.1) is 0 Å². The molecule has 2 heterocycles. The van der Waals surface area contributed by atoms with E-state index >= 15 is 0 Å². The van der Waals surface area contributed by atoms with Crippen molar-refractivity contribution in [1.82, 2.24) is 15.3 Å². The fraction of sp³-hybridized carbons (Fsp3) is 0.500. The molecule has 7 nitrogen and oxygen atoms in total. The van der Waals surface area contributed by atoms with Crippen LogP contribution < -0.4 is 15.0 Å². The summed E-state index contributed by atoms with van der Waals surface area (Å²) in [6.45, 7) is 5.47. The molecule has 1 fully saturated rings. The van der Waals surface area contributed by atoms with Gasteiger partial charge in [-0.3, -0.25) is 4.79 Å². The van der Waals surface area contributed by atoms with Crippen molar-refractivity contribution in [2.24, 2.45) is 5.92 Å². The molecule has 1 amide bonds. The third-order valence-corrected chi connectivity index (χ3v) is 5.15. The van der Waals surface area contributed by atoms with E-state index in [1.807, 2.05) is 18.2 Å². The van der Waals surface area contributed by atoms with Gasteiger partial charge in [0.25, 0.3) is 0 Å². The molecule has 3 rings (SSSR count). The van der Waals surface area contributed by atoms with Crippen LogP contribution >= 0.6 is 0 Å². The highest BCUT2D eigenvalue weighted by Crippen LogP contribution is 2.22. The molecule has 1 aromatic heterocycles. The number of carbonyl (C=O) groups excluding carboxylic acids is 1. The maximum absolute atomic E-state index is 12.7. The average molecular weight is 399 g/mol. The van der Waals surface area contributed by atoms with E-state index in [0.29, 0.717) is 25.0 Å². The van der Waals surface area contributed by atoms with Crippen LogP contribution in [0.2, 0.25) is 0 Å². The van der Waals surface area contributed by atoms with Gasteiger partial charge < -0.3 is 19.7 Å². The fourth-order valence-corrected chi connectivity index (χ4v) is 3.46. The Labute approximate surface area is 172 Å². The van der Waals surface area contributed by atoms with Gasteiger partial charge in [0.15, 0.2) is 0 Å². The second kappa shape index (κ2) is 10.8. The molecular weight excluding hydrogens is 368 g/mol. The number of benzene rings is 1. The van der Waals surface area contributed by atoms with E-state index in [-0.39, 0.29) is 11.8 Å². The number of nitrogens with one attached hydrogen (secondary N) is 1. The van der Waals surface area contributed by atoms with Gasteiger partial charge in [-0.25, -0.2) is 4.98 Å². The van der Waals surface area contributed by atoms with Crippen molar-refractivity contribution in [1.29, 1.82) is 0 Å². The smallest absolute Gasteiger partial charge is 0.228 e. The maximum Gasteiger partial charge on any atom is 0.228 e. The average Bonchev–Trinajstić information content (AvgIpc) is 2.78. The molecule has 0 radical (unpaired) electrons. The Morgan fingerprint density at radius 3 is 2.69 bits per heavy atom. The molecule has 1 saturated heterocycles. The maximum atomic E-state index is 12.7. The minimum absolute atomic E-state index is 0.0142. The summed E-state index contributed by atoms with van der Waals surface area (Å²) in [6, 6.07) is 9.84. The number of piperidine rings is 1. The van der Waals surface area contributed by atoms with Gasteiger partial charge in [0.2, 0.25) is 17.7 Å². The van der Waals surface area contributed by atoms with Crippen molar-refractivity contribution in [2.75, 3.05) is 31.7 Å². The van der Waals surface area contributed by atoms with Crippen LogP contribution in [0.3, 0.4) is 0 Å². The number of nitrogens with zero attached hydrogens (tertiary/aromatic N) is 3. The summed E-state index contributed by atoms with van der Waals surface area (Å²) in [7, 11) is 1.59. The number of methoxy groups -OCH3 is 1. The zero-order chi connectivity index (χ0) is 20.5. The Balaban J connectivity index is 1.49. The van der Waals surface area contributed by atoms with Crippen molar-refractivity contribution in [3.05, 3.63) is 47.7 Å². The molecule has 2 aromatic rings. The fourth-order valence-electron chi connectivity index (χ4n) is 3.46. The minimum atomic E-state index is 0.0142. The molecule has 0 unspecified atom stereocenters. The number of carbonyl (C=O) groups is 1. The molecule has 0 atom stereocenters. The molecule has 0 saturated carbocycles. The zero-order valence-corrected chi connectivity index (χ0v) is 17.3. The highest BCUT2D eigenvalue weighted by molar-refractivity contribution is 5.79. The van der Waals surface area contributed by atoms with Crippen LogP contribution in [0.4, 0.5) is 5.95 Å². The highest BCUT2D eigenvalue weighted by Gasteiger charge is 2.26. The van der Waals surface area contributed by atoms with E-state index < -0.39 is 0 Å². The van der Waals surface area contributed by atoms with Crippen LogP contribution in [0.15, 0.2) is 36.5 Å². The number of hydrogen-bond donors (Lipinski definition) is 1. The quantitative estimate of drug-likeness (QED) is 0.655. The monoisotopic (exact) mass is 398 g/mol. The minimum Gasteiger partial charge on any atom is -0.481 e. The molecular formula is C22H30N4O3. The lowest BCUT2D eigenvalue weighted by Crippen LogP contribution is -2.41. The van der Waals surface area contributed by atoms with Crippen molar-refractivity contribution in [2.45, 2.75) is 39.3 Å². The van der Waals surface area contributed by atoms with Gasteiger partial charge in [0.05, 0.1) is 13.7 Å². The van der Waals surface area contributed by atoms with Crippen molar-refractivity contribution in [3.63, 3.8) is 0 Å². The third-order valence-electron chi connectivity index (χ3n) is 5.15. The predicted molar refractivity (Wildman–Crippen MR) is 112 cm³/mol. The first-order chi connectivity index (χ1) is 14.2. The topological polar surface area (TPSA) is 76.6 Å². The lowest BCUT2D eigenvalue weighted by Gasteiger charge is -2.31. The second-order valence-electron chi connectivity index (χ2n) is 7.20. The number of rotatable bonds is 9. The van der Waals surface area contributed by atoms with Gasteiger partial charge in [-0.05, 0) is 30.4 Å². The second-order valence-corrected chi connectivity index (χ2v) is 7.20. The van der Waals surface area contributed by atoms with Crippen molar-refractivity contribution >= 4 is 11.9 Å². The number of anilines is 1. The van der Waals surface area contributed by atoms with Crippen LogP contribution in [-0.4, -0.2) is 42.7 Å². The Morgan fingerprint density at radius 1 is 1.21 bits per heavy atom. The number of hydrogen-bond acceptors (Lipinski definition) is 6. The summed E-state index contributed by atoms with van der Waals surface area (Å²) in [6.07, 6.45) is 4.27. The molecule has 156 valence electrons. The molecule has 0 bridgehead atoms. The summed E-state index contributed by atoms with van der Waals surface area (Å²) in [4.78, 5) is 23.5. The van der Waals surface area contributed by atoms with Gasteiger partial charge in [0, 0.05) is 44.4 Å². The molecule has 7 heteroatoms. The van der Waals surface area contributed by atoms with E-state index in [4.69, 9.17) is 9.47 Å². The molecule has 0 spiro atoms. The first kappa shape index (κ1) is 21.0. The molecule has 1 aromatic carbocycles. The first-order valence-corrected chi connectivity index (χ1v) is 10.3. The number of ether oxygens (including phenoxy) is 2. The lowest BCUT2D eigenvalue weighted by molar-refractivity contribution is -0.125. The SMILES string of the molecule is CCCOCc1ccccc1CNC(=O)C1CCN(c2nccc(OC)n2)CC1. The van der Waals surface area contributed by atoms with E-state index in [1.165, 1.54) is 0 Å². The van der Waals surface area contributed by atoms with E-state index in [0.717, 1.165) is 50.1 Å². The summed E-state index contributed by atoms with van der Waals surface area (Å²) >= 11 is 0. The number of aromatic nitrogens is 2. The van der Waals surface area contributed by atoms with Gasteiger partial charge in [-0.2, -0.15) is 4.98 Å². The molecule has 1 N–H and O–H groups in total. The Kier molecular flexibility index (Phi) is 7.81. The van der Waals surface area contributed by atoms with Crippen molar-refractivity contribution in [3.8, 4) is 5.88 Å². The van der Waals surface area contributed by atoms with Gasteiger partial charge in [0.1, 0.15) is 0 Å². The van der Waals surface area contributed by atoms with Crippen LogP contribution in [0.25, 0.3) is 0 Å². The van der Waals surface area contributed by atoms with E-state index in [1.54, 1.807) is 19.4 Å². The van der Waals surface area contributed by atoms with Crippen LogP contribution in [0, 0.1) is 5.92 Å². The van der Waals surface area contributed by atoms with Gasteiger partial charge >= 0.3 is 0 Å². The summed E-state index contributed by atoms with van der Waals surface area (Å²) < 4.78 is 10.8. The molecule has 29 heavy (non-hydrogen) atoms. The van der Waals surface area contributed by atoms with Crippen LogP contribution in [-0.2, 0) is 22.7 Å². The predicted octanol–water partition coefficient (Wildman–Crippen LogP) is 2.94. The molecule has 1 aliphatic rings. The Hall–Kier alpha value is -2.67. The Bertz CT molecular complexity index is 791. The molecule has 0 aliphatic carbocycles. The van der Waals surface area contributed by atoms with Crippen LogP contribution in [0.1, 0.15) is 37.3 Å². The van der Waals surface area contributed by atoms with Crippen LogP contribution in [0.5, 0.6) is 5.88 Å². The summed E-state index contributed by atoms with van der Waals surface area (Å²) in [5.74, 6) is 1.33. The molecule has 1 aliphatic heterocycles. The van der Waals surface area contributed by atoms with Gasteiger partial charge in [-0.1, -0.05) is 31.2 Å². The third kappa shape index (κ3) is 5.90. The normalized spacial score (nSPS) is 14.6. The van der Waals surface area contributed by atoms with E-state index in [9.17, 15) is 4.79 Å². The Morgan fingerprint density at radius 2 is 1.97 bits per heavy atom. The largest absolute Gasteiger partial charge is 0.481 e.